The number of rotatable bonds is 2. The molecule has 18 heavy (non-hydrogen) atoms. The van der Waals surface area contributed by atoms with E-state index in [1.54, 1.807) is 12.4 Å². The van der Waals surface area contributed by atoms with Gasteiger partial charge in [0, 0.05) is 25.5 Å². The molecule has 0 bridgehead atoms. The summed E-state index contributed by atoms with van der Waals surface area (Å²) >= 11 is 5.36. The molecule has 2 N–H and O–H groups in total. The molecule has 1 saturated heterocycles. The van der Waals surface area contributed by atoms with Crippen molar-refractivity contribution in [2.24, 2.45) is 5.10 Å². The van der Waals surface area contributed by atoms with E-state index in [1.165, 1.54) is 25.7 Å². The molecule has 2 heterocycles. The number of hydrogen-bond acceptors (Lipinski definition) is 3. The number of aromatic nitrogens is 2. The maximum absolute atomic E-state index is 5.36. The van der Waals surface area contributed by atoms with E-state index in [1.807, 2.05) is 6.92 Å². The third-order valence-electron chi connectivity index (χ3n) is 3.05. The summed E-state index contributed by atoms with van der Waals surface area (Å²) in [6.07, 6.45) is 8.51. The Morgan fingerprint density at radius 2 is 2.11 bits per heavy atom. The molecule has 0 atom stereocenters. The highest BCUT2D eigenvalue weighted by molar-refractivity contribution is 7.80. The summed E-state index contributed by atoms with van der Waals surface area (Å²) in [5, 5.41) is 4.97. The molecule has 0 spiro atoms. The molecule has 0 radical (unpaired) electrons. The Morgan fingerprint density at radius 1 is 1.39 bits per heavy atom. The molecule has 5 nitrogen and oxygen atoms in total. The summed E-state index contributed by atoms with van der Waals surface area (Å²) in [4.78, 5) is 9.35. The first kappa shape index (κ1) is 13.0. The van der Waals surface area contributed by atoms with Crippen LogP contribution in [-0.2, 0) is 0 Å². The number of H-pyrrole nitrogens is 1. The molecule has 0 saturated carbocycles. The summed E-state index contributed by atoms with van der Waals surface area (Å²) in [6.45, 7) is 3.96. The van der Waals surface area contributed by atoms with Gasteiger partial charge in [-0.05, 0) is 32.0 Å². The summed E-state index contributed by atoms with van der Waals surface area (Å²) in [5.41, 5.74) is 3.76. The highest BCUT2D eigenvalue weighted by atomic mass is 32.1. The number of aromatic amines is 1. The molecular weight excluding hydrogens is 246 g/mol. The van der Waals surface area contributed by atoms with E-state index in [-0.39, 0.29) is 0 Å². The maximum Gasteiger partial charge on any atom is 0.189 e. The lowest BCUT2D eigenvalue weighted by atomic mass is 10.2. The lowest BCUT2D eigenvalue weighted by Crippen LogP contribution is -2.38. The molecule has 1 aromatic rings. The molecule has 1 aliphatic rings. The van der Waals surface area contributed by atoms with Gasteiger partial charge in [0.25, 0.3) is 0 Å². The van der Waals surface area contributed by atoms with Gasteiger partial charge < -0.3 is 9.88 Å². The van der Waals surface area contributed by atoms with Gasteiger partial charge in [0.15, 0.2) is 10.9 Å². The van der Waals surface area contributed by atoms with Crippen LogP contribution in [0.25, 0.3) is 0 Å². The van der Waals surface area contributed by atoms with Gasteiger partial charge in [-0.2, -0.15) is 5.10 Å². The van der Waals surface area contributed by atoms with Crippen molar-refractivity contribution in [2.75, 3.05) is 13.1 Å². The average Bonchev–Trinajstić information content (AvgIpc) is 2.78. The van der Waals surface area contributed by atoms with Gasteiger partial charge in [0.05, 0.1) is 0 Å². The largest absolute Gasteiger partial charge is 0.348 e. The van der Waals surface area contributed by atoms with Crippen molar-refractivity contribution in [3.8, 4) is 0 Å². The number of hydrogen-bond donors (Lipinski definition) is 2. The zero-order valence-electron chi connectivity index (χ0n) is 10.6. The van der Waals surface area contributed by atoms with E-state index in [2.05, 4.69) is 25.4 Å². The summed E-state index contributed by atoms with van der Waals surface area (Å²) < 4.78 is 0. The fourth-order valence-corrected chi connectivity index (χ4v) is 2.22. The van der Waals surface area contributed by atoms with Crippen molar-refractivity contribution in [3.63, 3.8) is 0 Å². The highest BCUT2D eigenvalue weighted by Crippen LogP contribution is 2.09. The van der Waals surface area contributed by atoms with Gasteiger partial charge >= 0.3 is 0 Å². The normalized spacial score (nSPS) is 17.4. The van der Waals surface area contributed by atoms with Gasteiger partial charge in [0.1, 0.15) is 5.71 Å². The molecule has 98 valence electrons. The molecule has 2 rings (SSSR count). The van der Waals surface area contributed by atoms with E-state index in [0.29, 0.717) is 5.11 Å². The lowest BCUT2D eigenvalue weighted by molar-refractivity contribution is 0.428. The molecule has 1 aromatic heterocycles. The highest BCUT2D eigenvalue weighted by Gasteiger charge is 2.11. The number of nitrogens with one attached hydrogen (secondary N) is 2. The topological polar surface area (TPSA) is 56.3 Å². The third kappa shape index (κ3) is 3.53. The van der Waals surface area contributed by atoms with Crippen LogP contribution in [0.2, 0.25) is 0 Å². The van der Waals surface area contributed by atoms with Crippen LogP contribution in [0.5, 0.6) is 0 Å². The lowest BCUT2D eigenvalue weighted by Gasteiger charge is -2.22. The smallest absolute Gasteiger partial charge is 0.189 e. The van der Waals surface area contributed by atoms with Crippen molar-refractivity contribution in [1.29, 1.82) is 0 Å². The van der Waals surface area contributed by atoms with Crippen molar-refractivity contribution < 1.29 is 0 Å². The zero-order chi connectivity index (χ0) is 12.8. The van der Waals surface area contributed by atoms with Gasteiger partial charge in [0.2, 0.25) is 0 Å². The van der Waals surface area contributed by atoms with E-state index >= 15 is 0 Å². The van der Waals surface area contributed by atoms with Crippen LogP contribution in [0.3, 0.4) is 0 Å². The average molecular weight is 265 g/mol. The van der Waals surface area contributed by atoms with Gasteiger partial charge in [-0.1, -0.05) is 12.8 Å². The van der Waals surface area contributed by atoms with Gasteiger partial charge in [-0.3, -0.25) is 5.43 Å². The minimum Gasteiger partial charge on any atom is -0.348 e. The molecule has 1 aliphatic heterocycles. The Bertz CT molecular complexity index is 404. The first-order chi connectivity index (χ1) is 8.77. The van der Waals surface area contributed by atoms with Crippen LogP contribution in [-0.4, -0.2) is 38.8 Å². The molecule has 6 heteroatoms. The van der Waals surface area contributed by atoms with E-state index in [0.717, 1.165) is 24.6 Å². The van der Waals surface area contributed by atoms with E-state index < -0.39 is 0 Å². The predicted molar refractivity (Wildman–Crippen MR) is 76.6 cm³/mol. The summed E-state index contributed by atoms with van der Waals surface area (Å²) in [5.74, 6) is 0.765. The second-order valence-electron chi connectivity index (χ2n) is 4.45. The van der Waals surface area contributed by atoms with Gasteiger partial charge in [-0.25, -0.2) is 4.98 Å². The minimum absolute atomic E-state index is 0.711. The van der Waals surface area contributed by atoms with Crippen molar-refractivity contribution in [1.82, 2.24) is 20.3 Å². The molecular formula is C12H19N5S. The second-order valence-corrected chi connectivity index (χ2v) is 4.84. The fraction of sp³-hybridized carbons (Fsp3) is 0.583. The number of thiocarbonyl (C=S) groups is 1. The summed E-state index contributed by atoms with van der Waals surface area (Å²) in [6, 6.07) is 0. The van der Waals surface area contributed by atoms with Crippen molar-refractivity contribution in [3.05, 3.63) is 18.2 Å². The third-order valence-corrected chi connectivity index (χ3v) is 3.40. The van der Waals surface area contributed by atoms with Crippen LogP contribution in [0, 0.1) is 0 Å². The first-order valence-corrected chi connectivity index (χ1v) is 6.77. The van der Waals surface area contributed by atoms with Crippen LogP contribution in [0.1, 0.15) is 38.4 Å². The van der Waals surface area contributed by atoms with Crippen LogP contribution in [0.4, 0.5) is 0 Å². The van der Waals surface area contributed by atoms with Gasteiger partial charge in [-0.15, -0.1) is 0 Å². The molecule has 0 aromatic carbocycles. The monoisotopic (exact) mass is 265 g/mol. The standard InChI is InChI=1S/C12H19N5S/c1-10(11-13-6-7-14-11)15-16-12(18)17-8-4-2-3-5-9-17/h6-7H,2-5,8-9H2,1H3,(H,13,14)(H,16,18). The Kier molecular flexibility index (Phi) is 4.69. The number of nitrogens with zero attached hydrogens (tertiary/aromatic N) is 3. The zero-order valence-corrected chi connectivity index (χ0v) is 11.5. The molecule has 0 unspecified atom stereocenters. The van der Waals surface area contributed by atoms with E-state index in [4.69, 9.17) is 12.2 Å². The fourth-order valence-electron chi connectivity index (χ4n) is 1.99. The number of hydrazone groups is 1. The minimum atomic E-state index is 0.711. The van der Waals surface area contributed by atoms with E-state index in [9.17, 15) is 0 Å². The predicted octanol–water partition coefficient (Wildman–Crippen LogP) is 1.88. The Balaban J connectivity index is 1.89. The molecule has 1 fully saturated rings. The quantitative estimate of drug-likeness (QED) is 0.487. The number of imidazole rings is 1. The Hall–Kier alpha value is -1.43. The van der Waals surface area contributed by atoms with Crippen molar-refractivity contribution >= 4 is 23.0 Å². The number of likely N-dealkylation sites (tertiary alicyclic amines) is 1. The van der Waals surface area contributed by atoms with Crippen molar-refractivity contribution in [2.45, 2.75) is 32.6 Å². The van der Waals surface area contributed by atoms with Crippen LogP contribution >= 0.6 is 12.2 Å². The SMILES string of the molecule is CC(=NNC(=S)N1CCCCCC1)c1ncc[nH]1. The molecule has 0 amide bonds. The Labute approximate surface area is 113 Å². The van der Waals surface area contributed by atoms with Crippen LogP contribution in [0.15, 0.2) is 17.5 Å². The first-order valence-electron chi connectivity index (χ1n) is 6.36. The second kappa shape index (κ2) is 6.49. The molecule has 0 aliphatic carbocycles. The maximum atomic E-state index is 5.36. The summed E-state index contributed by atoms with van der Waals surface area (Å²) in [7, 11) is 0. The van der Waals surface area contributed by atoms with Crippen LogP contribution < -0.4 is 5.43 Å². The Morgan fingerprint density at radius 3 is 2.72 bits per heavy atom.